The standard InChI is InChI=1S/C7H8O2S2/c1-7(2)5(9)4(3-8)11-6(7)10/h3,8H,1-2H3/b4-3+. The van der Waals surface area contributed by atoms with Gasteiger partial charge in [0.2, 0.25) is 0 Å². The second-order valence-electron chi connectivity index (χ2n) is 2.84. The van der Waals surface area contributed by atoms with Gasteiger partial charge in [-0.25, -0.2) is 0 Å². The molecule has 60 valence electrons. The van der Waals surface area contributed by atoms with Crippen molar-refractivity contribution in [1.29, 1.82) is 0 Å². The molecule has 1 heterocycles. The number of carbonyl (C=O) groups is 1. The Morgan fingerprint density at radius 1 is 1.64 bits per heavy atom. The van der Waals surface area contributed by atoms with Crippen LogP contribution < -0.4 is 0 Å². The van der Waals surface area contributed by atoms with Gasteiger partial charge in [0, 0.05) is 0 Å². The van der Waals surface area contributed by atoms with Crippen molar-refractivity contribution >= 4 is 34.0 Å². The first kappa shape index (κ1) is 8.74. The SMILES string of the molecule is CC1(C)C(=O)/C(=C\O)SC1=S. The third-order valence-corrected chi connectivity index (χ3v) is 3.59. The maximum absolute atomic E-state index is 11.3. The molecule has 0 saturated carbocycles. The fourth-order valence-corrected chi connectivity index (χ4v) is 2.07. The Labute approximate surface area is 74.7 Å². The lowest BCUT2D eigenvalue weighted by Crippen LogP contribution is -2.23. The van der Waals surface area contributed by atoms with Crippen LogP contribution >= 0.6 is 24.0 Å². The molecule has 0 unspecified atom stereocenters. The first-order chi connectivity index (χ1) is 5.00. The molecule has 1 fully saturated rings. The average molecular weight is 188 g/mol. The van der Waals surface area contributed by atoms with Crippen LogP contribution in [0.4, 0.5) is 0 Å². The quantitative estimate of drug-likeness (QED) is 0.358. The van der Waals surface area contributed by atoms with Gasteiger partial charge in [0.25, 0.3) is 0 Å². The van der Waals surface area contributed by atoms with Crippen molar-refractivity contribution in [2.75, 3.05) is 0 Å². The van der Waals surface area contributed by atoms with E-state index >= 15 is 0 Å². The highest BCUT2D eigenvalue weighted by Crippen LogP contribution is 2.42. The van der Waals surface area contributed by atoms with Gasteiger partial charge in [-0.05, 0) is 13.8 Å². The Hall–Kier alpha value is -0.350. The normalized spacial score (nSPS) is 26.5. The van der Waals surface area contributed by atoms with Gasteiger partial charge in [-0.3, -0.25) is 4.79 Å². The van der Waals surface area contributed by atoms with E-state index in [0.717, 1.165) is 6.26 Å². The lowest BCUT2D eigenvalue weighted by molar-refractivity contribution is -0.119. The molecule has 4 heteroatoms. The maximum atomic E-state index is 11.3. The van der Waals surface area contributed by atoms with E-state index < -0.39 is 5.41 Å². The van der Waals surface area contributed by atoms with Gasteiger partial charge in [0.15, 0.2) is 5.78 Å². The number of carbonyl (C=O) groups excluding carboxylic acids is 1. The third kappa shape index (κ3) is 1.20. The summed E-state index contributed by atoms with van der Waals surface area (Å²) in [5.41, 5.74) is -0.589. The van der Waals surface area contributed by atoms with E-state index in [9.17, 15) is 4.79 Å². The zero-order valence-electron chi connectivity index (χ0n) is 6.25. The van der Waals surface area contributed by atoms with E-state index in [1.54, 1.807) is 13.8 Å². The second-order valence-corrected chi connectivity index (χ2v) is 4.56. The van der Waals surface area contributed by atoms with Gasteiger partial charge in [-0.15, -0.1) is 0 Å². The molecule has 0 aliphatic carbocycles. The molecule has 0 bridgehead atoms. The van der Waals surface area contributed by atoms with Crippen molar-refractivity contribution in [3.05, 3.63) is 11.2 Å². The fourth-order valence-electron chi connectivity index (χ4n) is 0.759. The highest BCUT2D eigenvalue weighted by Gasteiger charge is 2.42. The van der Waals surface area contributed by atoms with Crippen LogP contribution in [0.1, 0.15) is 13.8 Å². The molecule has 0 spiro atoms. The minimum Gasteiger partial charge on any atom is -0.514 e. The molecule has 0 atom stereocenters. The van der Waals surface area contributed by atoms with Gasteiger partial charge in [-0.2, -0.15) is 0 Å². The third-order valence-electron chi connectivity index (χ3n) is 1.62. The van der Waals surface area contributed by atoms with E-state index in [4.69, 9.17) is 17.3 Å². The van der Waals surface area contributed by atoms with Gasteiger partial charge in [-0.1, -0.05) is 24.0 Å². The summed E-state index contributed by atoms with van der Waals surface area (Å²) in [5, 5.41) is 8.62. The van der Waals surface area contributed by atoms with Gasteiger partial charge in [0.05, 0.1) is 20.8 Å². The number of Topliss-reactive ketones (excluding diaryl/α,β-unsaturated/α-hetero) is 1. The number of thioether (sulfide) groups is 1. The summed E-state index contributed by atoms with van der Waals surface area (Å²) in [6.45, 7) is 3.53. The minimum atomic E-state index is -0.589. The van der Waals surface area contributed by atoms with Crippen molar-refractivity contribution < 1.29 is 9.90 Å². The van der Waals surface area contributed by atoms with Crippen LogP contribution in [0.5, 0.6) is 0 Å². The van der Waals surface area contributed by atoms with Crippen molar-refractivity contribution in [2.45, 2.75) is 13.8 Å². The molecule has 1 N–H and O–H groups in total. The van der Waals surface area contributed by atoms with Crippen molar-refractivity contribution in [3.8, 4) is 0 Å². The number of aliphatic hydroxyl groups excluding tert-OH is 1. The van der Waals surface area contributed by atoms with Crippen LogP contribution in [0.25, 0.3) is 0 Å². The number of rotatable bonds is 0. The lowest BCUT2D eigenvalue weighted by atomic mass is 9.91. The summed E-state index contributed by atoms with van der Waals surface area (Å²) >= 11 is 6.14. The maximum Gasteiger partial charge on any atom is 0.184 e. The summed E-state index contributed by atoms with van der Waals surface area (Å²) in [6.07, 6.45) is 0.827. The molecule has 0 radical (unpaired) electrons. The number of allylic oxidation sites excluding steroid dienone is 1. The minimum absolute atomic E-state index is 0.0880. The zero-order valence-corrected chi connectivity index (χ0v) is 7.88. The Bertz CT molecular complexity index is 253. The van der Waals surface area contributed by atoms with Crippen LogP contribution in [-0.2, 0) is 4.79 Å². The van der Waals surface area contributed by atoms with E-state index in [2.05, 4.69) is 0 Å². The van der Waals surface area contributed by atoms with Crippen LogP contribution in [-0.4, -0.2) is 15.1 Å². The summed E-state index contributed by atoms with van der Waals surface area (Å²) in [5.74, 6) is -0.0880. The molecule has 1 rings (SSSR count). The highest BCUT2D eigenvalue weighted by atomic mass is 32.2. The van der Waals surface area contributed by atoms with Crippen molar-refractivity contribution in [2.24, 2.45) is 5.41 Å². The highest BCUT2D eigenvalue weighted by molar-refractivity contribution is 8.27. The number of hydrogen-bond acceptors (Lipinski definition) is 4. The first-order valence-corrected chi connectivity index (χ1v) is 4.34. The van der Waals surface area contributed by atoms with Crippen LogP contribution in [0, 0.1) is 5.41 Å². The molecule has 0 amide bonds. The molecule has 1 aliphatic rings. The van der Waals surface area contributed by atoms with E-state index in [1.165, 1.54) is 11.8 Å². The molecule has 0 aromatic carbocycles. The molecule has 1 saturated heterocycles. The average Bonchev–Trinajstić information content (AvgIpc) is 2.14. The number of ketones is 1. The van der Waals surface area contributed by atoms with E-state index in [0.29, 0.717) is 9.10 Å². The number of aliphatic hydroxyl groups is 1. The zero-order chi connectivity index (χ0) is 8.65. The molecule has 1 aliphatic heterocycles. The van der Waals surface area contributed by atoms with Crippen LogP contribution in [0.2, 0.25) is 0 Å². The smallest absolute Gasteiger partial charge is 0.184 e. The molecular weight excluding hydrogens is 180 g/mol. The van der Waals surface area contributed by atoms with Crippen molar-refractivity contribution in [1.82, 2.24) is 0 Å². The number of hydrogen-bond donors (Lipinski definition) is 1. The summed E-state index contributed by atoms with van der Waals surface area (Å²) < 4.78 is 0.628. The van der Waals surface area contributed by atoms with Crippen molar-refractivity contribution in [3.63, 3.8) is 0 Å². The van der Waals surface area contributed by atoms with Crippen LogP contribution in [0.15, 0.2) is 11.2 Å². The molecular formula is C7H8O2S2. The summed E-state index contributed by atoms with van der Waals surface area (Å²) in [4.78, 5) is 11.7. The molecule has 2 nitrogen and oxygen atoms in total. The fraction of sp³-hybridized carbons (Fsp3) is 0.429. The second kappa shape index (κ2) is 2.60. The summed E-state index contributed by atoms with van der Waals surface area (Å²) in [6, 6.07) is 0. The molecule has 0 aromatic rings. The summed E-state index contributed by atoms with van der Waals surface area (Å²) in [7, 11) is 0. The van der Waals surface area contributed by atoms with Gasteiger partial charge in [0.1, 0.15) is 0 Å². The topological polar surface area (TPSA) is 37.3 Å². The lowest BCUT2D eigenvalue weighted by Gasteiger charge is -2.11. The number of thiocarbonyl (C=S) groups is 1. The van der Waals surface area contributed by atoms with E-state index in [1.807, 2.05) is 0 Å². The Balaban J connectivity index is 3.08. The van der Waals surface area contributed by atoms with Gasteiger partial charge < -0.3 is 5.11 Å². The predicted molar refractivity (Wildman–Crippen MR) is 49.7 cm³/mol. The largest absolute Gasteiger partial charge is 0.514 e. The monoisotopic (exact) mass is 188 g/mol. The first-order valence-electron chi connectivity index (χ1n) is 3.11. The molecule has 0 aromatic heterocycles. The Morgan fingerprint density at radius 2 is 2.18 bits per heavy atom. The van der Waals surface area contributed by atoms with Crippen LogP contribution in [0.3, 0.4) is 0 Å². The Morgan fingerprint density at radius 3 is 2.36 bits per heavy atom. The van der Waals surface area contributed by atoms with Gasteiger partial charge >= 0.3 is 0 Å². The molecule has 11 heavy (non-hydrogen) atoms. The predicted octanol–water partition coefficient (Wildman–Crippen LogP) is 2.06. The Kier molecular flexibility index (Phi) is 2.07. The van der Waals surface area contributed by atoms with E-state index in [-0.39, 0.29) is 5.78 Å².